The molecule has 0 saturated carbocycles. The molecule has 4 rings (SSSR count). The van der Waals surface area contributed by atoms with Gasteiger partial charge in [0.2, 0.25) is 0 Å². The van der Waals surface area contributed by atoms with Gasteiger partial charge in [-0.2, -0.15) is 0 Å². The number of hydrogen-bond donors (Lipinski definition) is 2. The molecular weight excluding hydrogens is 464 g/mol. The van der Waals surface area contributed by atoms with Gasteiger partial charge in [-0.15, -0.1) is 11.3 Å². The molecule has 2 aromatic rings. The molecule has 1 saturated heterocycles. The molecule has 1 aliphatic carbocycles. The summed E-state index contributed by atoms with van der Waals surface area (Å²) in [4.78, 5) is 27.0. The standard InChI is InChI=1S/C23H28N2O6S2/c1-14-7-8-16-19(11-14)32-23(21(16)22(27)24-15-9-10-33(28,29)13-15)25-20(26)12-31-18-6-4-3-5-17(18)30-2/h3-6,14-15H,7-13H2,1-2H3,(H,24,27)(H,25,26)/t14-,15-/m1/s1. The first-order chi connectivity index (χ1) is 15.8. The zero-order valence-corrected chi connectivity index (χ0v) is 20.3. The minimum Gasteiger partial charge on any atom is -0.493 e. The summed E-state index contributed by atoms with van der Waals surface area (Å²) in [7, 11) is -1.58. The van der Waals surface area contributed by atoms with Gasteiger partial charge in [0.05, 0.1) is 24.2 Å². The van der Waals surface area contributed by atoms with Gasteiger partial charge in [0.15, 0.2) is 27.9 Å². The summed E-state index contributed by atoms with van der Waals surface area (Å²) in [5.41, 5.74) is 1.41. The number of methoxy groups -OCH3 is 1. The van der Waals surface area contributed by atoms with Crippen LogP contribution in [0.25, 0.3) is 0 Å². The van der Waals surface area contributed by atoms with E-state index in [0.29, 0.717) is 34.4 Å². The van der Waals surface area contributed by atoms with E-state index in [-0.39, 0.29) is 29.9 Å². The zero-order valence-electron chi connectivity index (χ0n) is 18.7. The molecule has 2 amide bonds. The number of fused-ring (bicyclic) bond motifs is 1. The zero-order chi connectivity index (χ0) is 23.6. The molecule has 2 atom stereocenters. The number of para-hydroxylation sites is 2. The van der Waals surface area contributed by atoms with Crippen LogP contribution in [0.3, 0.4) is 0 Å². The van der Waals surface area contributed by atoms with Crippen LogP contribution in [0.1, 0.15) is 40.6 Å². The van der Waals surface area contributed by atoms with Crippen molar-refractivity contribution in [1.82, 2.24) is 5.32 Å². The lowest BCUT2D eigenvalue weighted by molar-refractivity contribution is -0.118. The number of hydrogen-bond acceptors (Lipinski definition) is 7. The molecule has 1 fully saturated rings. The van der Waals surface area contributed by atoms with Gasteiger partial charge in [0, 0.05) is 10.9 Å². The fraction of sp³-hybridized carbons (Fsp3) is 0.478. The summed E-state index contributed by atoms with van der Waals surface area (Å²) in [5.74, 6) is 0.810. The lowest BCUT2D eigenvalue weighted by atomic mass is 9.88. The van der Waals surface area contributed by atoms with E-state index in [0.717, 1.165) is 29.7 Å². The highest BCUT2D eigenvalue weighted by molar-refractivity contribution is 7.91. The van der Waals surface area contributed by atoms with Gasteiger partial charge < -0.3 is 20.1 Å². The first-order valence-electron chi connectivity index (χ1n) is 11.0. The van der Waals surface area contributed by atoms with E-state index in [4.69, 9.17) is 9.47 Å². The van der Waals surface area contributed by atoms with Crippen LogP contribution in [-0.4, -0.2) is 51.5 Å². The van der Waals surface area contributed by atoms with E-state index in [1.54, 1.807) is 18.2 Å². The highest BCUT2D eigenvalue weighted by Crippen LogP contribution is 2.40. The van der Waals surface area contributed by atoms with Crippen LogP contribution in [0.5, 0.6) is 11.5 Å². The maximum absolute atomic E-state index is 13.2. The average molecular weight is 493 g/mol. The van der Waals surface area contributed by atoms with E-state index in [1.807, 2.05) is 6.07 Å². The number of rotatable bonds is 7. The van der Waals surface area contributed by atoms with E-state index in [2.05, 4.69) is 17.6 Å². The molecule has 1 aromatic carbocycles. The molecule has 2 N–H and O–H groups in total. The molecule has 1 aromatic heterocycles. The number of carbonyl (C=O) groups is 2. The van der Waals surface area contributed by atoms with Crippen molar-refractivity contribution in [3.8, 4) is 11.5 Å². The van der Waals surface area contributed by atoms with Crippen LogP contribution < -0.4 is 20.1 Å². The Hall–Kier alpha value is -2.59. The van der Waals surface area contributed by atoms with Crippen molar-refractivity contribution >= 4 is 38.0 Å². The minimum absolute atomic E-state index is 0.0451. The summed E-state index contributed by atoms with van der Waals surface area (Å²) in [6.45, 7) is 1.94. The van der Waals surface area contributed by atoms with Gasteiger partial charge in [-0.05, 0) is 49.3 Å². The maximum Gasteiger partial charge on any atom is 0.262 e. The third kappa shape index (κ3) is 5.50. The van der Waals surface area contributed by atoms with Crippen molar-refractivity contribution in [3.63, 3.8) is 0 Å². The van der Waals surface area contributed by atoms with Gasteiger partial charge >= 0.3 is 0 Å². The van der Waals surface area contributed by atoms with E-state index < -0.39 is 15.9 Å². The Morgan fingerprint density at radius 2 is 1.94 bits per heavy atom. The van der Waals surface area contributed by atoms with Crippen molar-refractivity contribution < 1.29 is 27.5 Å². The van der Waals surface area contributed by atoms with Crippen LogP contribution in [0, 0.1) is 5.92 Å². The highest BCUT2D eigenvalue weighted by Gasteiger charge is 2.33. The van der Waals surface area contributed by atoms with Crippen LogP contribution in [-0.2, 0) is 27.5 Å². The lowest BCUT2D eigenvalue weighted by Crippen LogP contribution is -2.36. The van der Waals surface area contributed by atoms with Crippen molar-refractivity contribution in [2.24, 2.45) is 5.92 Å². The fourth-order valence-electron chi connectivity index (χ4n) is 4.29. The second-order valence-corrected chi connectivity index (χ2v) is 12.0. The third-order valence-corrected chi connectivity index (χ3v) is 8.92. The summed E-state index contributed by atoms with van der Waals surface area (Å²) < 4.78 is 34.4. The van der Waals surface area contributed by atoms with Crippen molar-refractivity contribution in [2.45, 2.75) is 38.6 Å². The molecule has 2 heterocycles. The molecule has 178 valence electrons. The third-order valence-electron chi connectivity index (χ3n) is 5.99. The van der Waals surface area contributed by atoms with E-state index in [1.165, 1.54) is 18.4 Å². The Labute approximate surface area is 197 Å². The monoisotopic (exact) mass is 492 g/mol. The highest BCUT2D eigenvalue weighted by atomic mass is 32.2. The molecule has 2 aliphatic rings. The number of nitrogens with one attached hydrogen (secondary N) is 2. The summed E-state index contributed by atoms with van der Waals surface area (Å²) in [5, 5.41) is 6.21. The maximum atomic E-state index is 13.2. The van der Waals surface area contributed by atoms with Gasteiger partial charge in [-0.1, -0.05) is 19.1 Å². The number of amides is 2. The molecule has 0 bridgehead atoms. The minimum atomic E-state index is -3.11. The summed E-state index contributed by atoms with van der Waals surface area (Å²) in [6.07, 6.45) is 2.98. The number of carbonyl (C=O) groups excluding carboxylic acids is 2. The number of anilines is 1. The van der Waals surface area contributed by atoms with Crippen LogP contribution >= 0.6 is 11.3 Å². The predicted molar refractivity (Wildman–Crippen MR) is 127 cm³/mol. The van der Waals surface area contributed by atoms with Crippen LogP contribution in [0.2, 0.25) is 0 Å². The number of benzene rings is 1. The first kappa shape index (κ1) is 23.6. The van der Waals surface area contributed by atoms with Crippen LogP contribution in [0.15, 0.2) is 24.3 Å². The van der Waals surface area contributed by atoms with Gasteiger partial charge in [-0.3, -0.25) is 9.59 Å². The Kier molecular flexibility index (Phi) is 6.94. The lowest BCUT2D eigenvalue weighted by Gasteiger charge is -2.19. The molecule has 1 aliphatic heterocycles. The Morgan fingerprint density at radius 3 is 2.64 bits per heavy atom. The first-order valence-corrected chi connectivity index (χ1v) is 13.6. The van der Waals surface area contributed by atoms with Gasteiger partial charge in [0.25, 0.3) is 11.8 Å². The van der Waals surface area contributed by atoms with Crippen molar-refractivity contribution in [1.29, 1.82) is 0 Å². The van der Waals surface area contributed by atoms with Gasteiger partial charge in [-0.25, -0.2) is 8.42 Å². The van der Waals surface area contributed by atoms with Crippen molar-refractivity contribution in [3.05, 3.63) is 40.3 Å². The molecule has 0 radical (unpaired) electrons. The molecule has 8 nitrogen and oxygen atoms in total. The largest absolute Gasteiger partial charge is 0.493 e. The van der Waals surface area contributed by atoms with E-state index >= 15 is 0 Å². The van der Waals surface area contributed by atoms with E-state index in [9.17, 15) is 18.0 Å². The topological polar surface area (TPSA) is 111 Å². The second kappa shape index (κ2) is 9.72. The second-order valence-electron chi connectivity index (χ2n) is 8.62. The molecule has 0 unspecified atom stereocenters. The van der Waals surface area contributed by atoms with Gasteiger partial charge in [0.1, 0.15) is 5.00 Å². The Balaban J connectivity index is 1.51. The summed E-state index contributed by atoms with van der Waals surface area (Å²) in [6, 6.07) is 6.65. The molecule has 0 spiro atoms. The number of thiophene rings is 1. The van der Waals surface area contributed by atoms with Crippen LogP contribution in [0.4, 0.5) is 5.00 Å². The quantitative estimate of drug-likeness (QED) is 0.615. The van der Waals surface area contributed by atoms with Crippen molar-refractivity contribution in [2.75, 3.05) is 30.5 Å². The number of sulfone groups is 1. The molecular formula is C23H28N2O6S2. The molecule has 10 heteroatoms. The summed E-state index contributed by atoms with van der Waals surface area (Å²) >= 11 is 1.42. The normalized spacial score (nSPS) is 21.2. The Morgan fingerprint density at radius 1 is 1.18 bits per heavy atom. The smallest absolute Gasteiger partial charge is 0.262 e. The number of ether oxygens (including phenoxy) is 2. The molecule has 33 heavy (non-hydrogen) atoms. The fourth-order valence-corrected chi connectivity index (χ4v) is 7.39. The predicted octanol–water partition coefficient (Wildman–Crippen LogP) is 2.82. The Bertz CT molecular complexity index is 1160. The average Bonchev–Trinajstić information content (AvgIpc) is 3.30. The SMILES string of the molecule is COc1ccccc1OCC(=O)Nc1sc2c(c1C(=O)N[C@@H]1CCS(=O)(=O)C1)CC[C@@H](C)C2.